The van der Waals surface area contributed by atoms with Crippen molar-refractivity contribution in [2.75, 3.05) is 6.54 Å². The van der Waals surface area contributed by atoms with E-state index in [0.717, 1.165) is 18.7 Å². The highest BCUT2D eigenvalue weighted by Gasteiger charge is 2.12. The Kier molecular flexibility index (Phi) is 4.75. The minimum atomic E-state index is 0.520. The minimum Gasteiger partial charge on any atom is -0.314 e. The summed E-state index contributed by atoms with van der Waals surface area (Å²) in [5.74, 6) is 0.714. The molecule has 0 aromatic carbocycles. The molecule has 0 fully saturated rings. The van der Waals surface area contributed by atoms with Gasteiger partial charge in [-0.3, -0.25) is 4.68 Å². The van der Waals surface area contributed by atoms with Crippen molar-refractivity contribution >= 4 is 0 Å². The van der Waals surface area contributed by atoms with E-state index >= 15 is 0 Å². The van der Waals surface area contributed by atoms with Crippen LogP contribution in [-0.2, 0) is 13.5 Å². The van der Waals surface area contributed by atoms with E-state index in [1.165, 1.54) is 6.42 Å². The Morgan fingerprint density at radius 1 is 1.47 bits per heavy atom. The van der Waals surface area contributed by atoms with Gasteiger partial charge < -0.3 is 5.32 Å². The normalized spacial score (nSPS) is 13.4. The van der Waals surface area contributed by atoms with Gasteiger partial charge in [-0.1, -0.05) is 26.0 Å². The molecule has 4 nitrogen and oxygen atoms in total. The summed E-state index contributed by atoms with van der Waals surface area (Å²) in [4.78, 5) is 0. The number of nitrogens with one attached hydrogen (secondary N) is 1. The van der Waals surface area contributed by atoms with Gasteiger partial charge in [0.2, 0.25) is 0 Å². The molecule has 0 aliphatic rings. The topological polar surface area (TPSA) is 42.7 Å². The number of nitrogens with zero attached hydrogens (tertiary/aromatic N) is 3. The minimum absolute atomic E-state index is 0.520. The van der Waals surface area contributed by atoms with Gasteiger partial charge in [-0.15, -0.1) is 5.10 Å². The first kappa shape index (κ1) is 12.2. The van der Waals surface area contributed by atoms with E-state index in [4.69, 9.17) is 0 Å². The van der Waals surface area contributed by atoms with Gasteiger partial charge in [0.1, 0.15) is 0 Å². The van der Waals surface area contributed by atoms with E-state index < -0.39 is 0 Å². The van der Waals surface area contributed by atoms with E-state index in [1.807, 2.05) is 13.2 Å². The second kappa shape index (κ2) is 5.85. The summed E-state index contributed by atoms with van der Waals surface area (Å²) in [6.45, 7) is 7.66. The van der Waals surface area contributed by atoms with Crippen LogP contribution in [0.5, 0.6) is 0 Å². The lowest BCUT2D eigenvalue weighted by atomic mass is 10.00. The largest absolute Gasteiger partial charge is 0.314 e. The van der Waals surface area contributed by atoms with Crippen LogP contribution in [0.15, 0.2) is 6.20 Å². The highest BCUT2D eigenvalue weighted by atomic mass is 15.4. The summed E-state index contributed by atoms with van der Waals surface area (Å²) in [5, 5.41) is 11.6. The Balaban J connectivity index is 2.50. The monoisotopic (exact) mass is 210 g/mol. The molecule has 15 heavy (non-hydrogen) atoms. The number of hydrogen-bond acceptors (Lipinski definition) is 3. The molecular formula is C11H22N4. The van der Waals surface area contributed by atoms with E-state index in [-0.39, 0.29) is 0 Å². The summed E-state index contributed by atoms with van der Waals surface area (Å²) < 4.78 is 1.76. The maximum absolute atomic E-state index is 4.12. The fourth-order valence-corrected chi connectivity index (χ4v) is 1.84. The van der Waals surface area contributed by atoms with E-state index in [2.05, 4.69) is 36.4 Å². The second-order valence-corrected chi connectivity index (χ2v) is 4.47. The molecule has 4 heteroatoms. The molecule has 0 saturated carbocycles. The maximum Gasteiger partial charge on any atom is 0.0842 e. The molecule has 0 spiro atoms. The highest BCUT2D eigenvalue weighted by Crippen LogP contribution is 2.09. The van der Waals surface area contributed by atoms with Gasteiger partial charge in [0.25, 0.3) is 0 Å². The quantitative estimate of drug-likeness (QED) is 0.771. The SMILES string of the molecule is CCNC(Cc1cn(C)nn1)CC(C)C. The number of hydrogen-bond donors (Lipinski definition) is 1. The zero-order valence-corrected chi connectivity index (χ0v) is 10.2. The summed E-state index contributed by atoms with van der Waals surface area (Å²) in [5.41, 5.74) is 1.07. The van der Waals surface area contributed by atoms with Crippen molar-refractivity contribution in [2.24, 2.45) is 13.0 Å². The number of rotatable bonds is 6. The van der Waals surface area contributed by atoms with Crippen LogP contribution in [0.2, 0.25) is 0 Å². The lowest BCUT2D eigenvalue weighted by Gasteiger charge is -2.18. The third-order valence-corrected chi connectivity index (χ3v) is 2.35. The fraction of sp³-hybridized carbons (Fsp3) is 0.818. The molecular weight excluding hydrogens is 188 g/mol. The zero-order valence-electron chi connectivity index (χ0n) is 10.2. The molecule has 0 amide bonds. The standard InChI is InChI=1S/C11H22N4/c1-5-12-10(6-9(2)3)7-11-8-15(4)14-13-11/h8-10,12H,5-7H2,1-4H3. The molecule has 0 bridgehead atoms. The molecule has 1 atom stereocenters. The summed E-state index contributed by atoms with van der Waals surface area (Å²) in [6, 6.07) is 0.520. The summed E-state index contributed by atoms with van der Waals surface area (Å²) in [7, 11) is 1.90. The molecule has 1 aromatic rings. The molecule has 86 valence electrons. The van der Waals surface area contributed by atoms with Crippen LogP contribution >= 0.6 is 0 Å². The van der Waals surface area contributed by atoms with Crippen molar-refractivity contribution in [3.8, 4) is 0 Å². The summed E-state index contributed by atoms with van der Waals surface area (Å²) in [6.07, 6.45) is 4.15. The Hall–Kier alpha value is -0.900. The third kappa shape index (κ3) is 4.42. The molecule has 0 aliphatic heterocycles. The first-order valence-corrected chi connectivity index (χ1v) is 5.70. The average Bonchev–Trinajstić information content (AvgIpc) is 2.50. The molecule has 0 saturated heterocycles. The smallest absolute Gasteiger partial charge is 0.0842 e. The van der Waals surface area contributed by atoms with Gasteiger partial charge in [-0.05, 0) is 18.9 Å². The van der Waals surface area contributed by atoms with E-state index in [1.54, 1.807) is 4.68 Å². The zero-order chi connectivity index (χ0) is 11.3. The maximum atomic E-state index is 4.12. The van der Waals surface area contributed by atoms with Crippen molar-refractivity contribution < 1.29 is 0 Å². The van der Waals surface area contributed by atoms with Gasteiger partial charge >= 0.3 is 0 Å². The van der Waals surface area contributed by atoms with Crippen LogP contribution in [-0.4, -0.2) is 27.6 Å². The number of aryl methyl sites for hydroxylation is 1. The molecule has 1 rings (SSSR count). The molecule has 0 aliphatic carbocycles. The summed E-state index contributed by atoms with van der Waals surface area (Å²) >= 11 is 0. The lowest BCUT2D eigenvalue weighted by Crippen LogP contribution is -2.32. The van der Waals surface area contributed by atoms with Crippen LogP contribution in [0, 0.1) is 5.92 Å². The van der Waals surface area contributed by atoms with Crippen molar-refractivity contribution in [1.29, 1.82) is 0 Å². The Bertz CT molecular complexity index is 280. The van der Waals surface area contributed by atoms with Gasteiger partial charge in [0, 0.05) is 25.7 Å². The average molecular weight is 210 g/mol. The van der Waals surface area contributed by atoms with Gasteiger partial charge in [-0.25, -0.2) is 0 Å². The van der Waals surface area contributed by atoms with Crippen molar-refractivity contribution in [1.82, 2.24) is 20.3 Å². The van der Waals surface area contributed by atoms with Crippen LogP contribution in [0.4, 0.5) is 0 Å². The van der Waals surface area contributed by atoms with Crippen molar-refractivity contribution in [2.45, 2.75) is 39.7 Å². The molecule has 1 heterocycles. The van der Waals surface area contributed by atoms with Crippen LogP contribution < -0.4 is 5.32 Å². The molecule has 0 radical (unpaired) electrons. The molecule has 1 aromatic heterocycles. The predicted molar refractivity (Wildman–Crippen MR) is 61.6 cm³/mol. The van der Waals surface area contributed by atoms with E-state index in [9.17, 15) is 0 Å². The Morgan fingerprint density at radius 3 is 2.67 bits per heavy atom. The number of aromatic nitrogens is 3. The van der Waals surface area contributed by atoms with Crippen LogP contribution in [0.25, 0.3) is 0 Å². The lowest BCUT2D eigenvalue weighted by molar-refractivity contribution is 0.421. The fourth-order valence-electron chi connectivity index (χ4n) is 1.84. The first-order valence-electron chi connectivity index (χ1n) is 5.70. The number of likely N-dealkylation sites (N-methyl/N-ethyl adjacent to an activating group) is 1. The molecule has 1 N–H and O–H groups in total. The predicted octanol–water partition coefficient (Wildman–Crippen LogP) is 1.38. The van der Waals surface area contributed by atoms with Gasteiger partial charge in [0.15, 0.2) is 0 Å². The van der Waals surface area contributed by atoms with Crippen LogP contribution in [0.3, 0.4) is 0 Å². The Labute approximate surface area is 92.1 Å². The van der Waals surface area contributed by atoms with Crippen LogP contribution in [0.1, 0.15) is 32.9 Å². The van der Waals surface area contributed by atoms with Gasteiger partial charge in [-0.2, -0.15) is 0 Å². The Morgan fingerprint density at radius 2 is 2.20 bits per heavy atom. The van der Waals surface area contributed by atoms with Crippen molar-refractivity contribution in [3.05, 3.63) is 11.9 Å². The highest BCUT2D eigenvalue weighted by molar-refractivity contribution is 4.95. The molecule has 1 unspecified atom stereocenters. The first-order chi connectivity index (χ1) is 7.11. The van der Waals surface area contributed by atoms with Gasteiger partial charge in [0.05, 0.1) is 5.69 Å². The third-order valence-electron chi connectivity index (χ3n) is 2.35. The van der Waals surface area contributed by atoms with Crippen molar-refractivity contribution in [3.63, 3.8) is 0 Å². The second-order valence-electron chi connectivity index (χ2n) is 4.47. The van der Waals surface area contributed by atoms with E-state index in [0.29, 0.717) is 12.0 Å².